The van der Waals surface area contributed by atoms with E-state index in [9.17, 15) is 0 Å². The molecule has 2 aromatic carbocycles. The van der Waals surface area contributed by atoms with Gasteiger partial charge in [0, 0.05) is 22.5 Å². The first-order valence-electron chi connectivity index (χ1n) is 8.75. The second-order valence-electron chi connectivity index (χ2n) is 6.65. The number of anilines is 1. The Morgan fingerprint density at radius 2 is 1.58 bits per heavy atom. The molecule has 131 valence electrons. The van der Waals surface area contributed by atoms with Crippen molar-refractivity contribution in [3.63, 3.8) is 0 Å². The van der Waals surface area contributed by atoms with E-state index in [1.165, 1.54) is 18.4 Å². The Labute approximate surface area is 159 Å². The molecule has 1 aliphatic rings. The fourth-order valence-electron chi connectivity index (χ4n) is 3.71. The second-order valence-corrected chi connectivity index (χ2v) is 11.0. The zero-order valence-electron chi connectivity index (χ0n) is 15.5. The van der Waals surface area contributed by atoms with E-state index in [1.807, 2.05) is 30.3 Å². The Morgan fingerprint density at radius 1 is 1.00 bits per heavy atom. The van der Waals surface area contributed by atoms with Gasteiger partial charge >= 0.3 is 0 Å². The summed E-state index contributed by atoms with van der Waals surface area (Å²) in [6.45, 7) is 12.6. The number of benzene rings is 1. The van der Waals surface area contributed by atoms with Crippen LogP contribution < -0.4 is 4.48 Å². The number of hydrogen-bond acceptors (Lipinski definition) is 1. The zero-order valence-corrected chi connectivity index (χ0v) is 17.6. The first kappa shape index (κ1) is 20.9. The standard InChI is InChI=1S/C15H24BNSi.C5H5.Co/c1-6-15-13(3)18(4,5)17(16(15)7-2)14-11-9-8-10-12-14;1-2-4-5-3-1;/h8-12H,6-7H2,1-5H3;1-5H;/q;-1;. The minimum Gasteiger partial charge on any atom is -0.436 e. The Bertz CT molecular complexity index is 605. The van der Waals surface area contributed by atoms with E-state index in [0.29, 0.717) is 6.85 Å². The molecule has 0 unspecified atom stereocenters. The average molecular weight is 381 g/mol. The van der Waals surface area contributed by atoms with Crippen LogP contribution in [-0.2, 0) is 16.8 Å². The summed E-state index contributed by atoms with van der Waals surface area (Å²) in [6, 6.07) is 21.0. The van der Waals surface area contributed by atoms with Crippen molar-refractivity contribution in [1.82, 2.24) is 0 Å². The van der Waals surface area contributed by atoms with Crippen LogP contribution in [0, 0.1) is 0 Å². The molecule has 0 aliphatic carbocycles. The van der Waals surface area contributed by atoms with Crippen LogP contribution in [0.5, 0.6) is 0 Å². The first-order valence-corrected chi connectivity index (χ1v) is 11.7. The monoisotopic (exact) mass is 381 g/mol. The molecule has 4 heteroatoms. The fourth-order valence-corrected chi connectivity index (χ4v) is 7.11. The molecule has 24 heavy (non-hydrogen) atoms. The Balaban J connectivity index is 0.000000412. The molecule has 1 radical (unpaired) electrons. The normalized spacial score (nSPS) is 15.7. The van der Waals surface area contributed by atoms with Gasteiger partial charge in [-0.05, 0) is 38.6 Å². The van der Waals surface area contributed by atoms with Crippen LogP contribution in [0.2, 0.25) is 19.4 Å². The minimum atomic E-state index is -1.47. The van der Waals surface area contributed by atoms with Crippen molar-refractivity contribution >= 4 is 20.8 Å². The summed E-state index contributed by atoms with van der Waals surface area (Å²) in [5.41, 5.74) is 3.10. The molecule has 0 saturated heterocycles. The number of allylic oxidation sites excluding steroid dienone is 2. The van der Waals surface area contributed by atoms with E-state index < -0.39 is 8.24 Å². The molecule has 0 bridgehead atoms. The maximum atomic E-state index is 2.74. The smallest absolute Gasteiger partial charge is 0.275 e. The molecule has 0 aromatic heterocycles. The number of hydrogen-bond donors (Lipinski definition) is 0. The number of para-hydroxylation sites is 1. The number of nitrogens with zero attached hydrogens (tertiary/aromatic N) is 1. The van der Waals surface area contributed by atoms with Gasteiger partial charge in [0.2, 0.25) is 0 Å². The molecule has 2 aromatic rings. The van der Waals surface area contributed by atoms with Gasteiger partial charge in [0.1, 0.15) is 0 Å². The third-order valence-corrected chi connectivity index (χ3v) is 9.00. The van der Waals surface area contributed by atoms with Gasteiger partial charge < -0.3 is 4.48 Å². The van der Waals surface area contributed by atoms with E-state index in [0.717, 1.165) is 0 Å². The van der Waals surface area contributed by atoms with Gasteiger partial charge in [-0.15, -0.1) is 0 Å². The summed E-state index contributed by atoms with van der Waals surface area (Å²) in [7, 11) is -1.47. The van der Waals surface area contributed by atoms with Crippen LogP contribution in [-0.4, -0.2) is 15.1 Å². The fraction of sp³-hybridized carbons (Fsp3) is 0.350. The largest absolute Gasteiger partial charge is 0.436 e. The van der Waals surface area contributed by atoms with Crippen molar-refractivity contribution in [2.24, 2.45) is 0 Å². The SMILES string of the molecule is CCB1C(CC)=C(C)[Si](C)(C)N1c1ccccc1.[Co].c1cc[cH-]c1. The Morgan fingerprint density at radius 3 is 2.00 bits per heavy atom. The summed E-state index contributed by atoms with van der Waals surface area (Å²) < 4.78 is 2.74. The second kappa shape index (κ2) is 9.40. The molecular weight excluding hydrogens is 352 g/mol. The summed E-state index contributed by atoms with van der Waals surface area (Å²) in [4.78, 5) is 0. The molecule has 0 spiro atoms. The topological polar surface area (TPSA) is 3.24 Å². The van der Waals surface area contributed by atoms with Gasteiger partial charge in [-0.2, -0.15) is 18.2 Å². The minimum absolute atomic E-state index is 0. The molecule has 1 heterocycles. The zero-order chi connectivity index (χ0) is 16.9. The summed E-state index contributed by atoms with van der Waals surface area (Å²) in [5.74, 6) is 0. The van der Waals surface area contributed by atoms with Gasteiger partial charge in [-0.3, -0.25) is 0 Å². The molecule has 1 aliphatic heterocycles. The predicted molar refractivity (Wildman–Crippen MR) is 108 cm³/mol. The van der Waals surface area contributed by atoms with E-state index in [4.69, 9.17) is 0 Å². The van der Waals surface area contributed by atoms with Crippen molar-refractivity contribution < 1.29 is 16.8 Å². The van der Waals surface area contributed by atoms with Crippen molar-refractivity contribution in [3.05, 3.63) is 71.3 Å². The van der Waals surface area contributed by atoms with Crippen LogP contribution in [0.3, 0.4) is 0 Å². The van der Waals surface area contributed by atoms with E-state index in [2.05, 4.69) is 68.7 Å². The maximum Gasteiger partial charge on any atom is 0.275 e. The van der Waals surface area contributed by atoms with Crippen molar-refractivity contribution in [1.29, 1.82) is 0 Å². The van der Waals surface area contributed by atoms with Gasteiger partial charge in [-0.1, -0.05) is 49.0 Å². The van der Waals surface area contributed by atoms with Gasteiger partial charge in [0.15, 0.2) is 8.24 Å². The molecule has 0 fully saturated rings. The third kappa shape index (κ3) is 4.29. The molecule has 0 atom stereocenters. The molecule has 0 N–H and O–H groups in total. The molecule has 3 rings (SSSR count). The van der Waals surface area contributed by atoms with E-state index in [1.54, 1.807) is 10.7 Å². The van der Waals surface area contributed by atoms with Gasteiger partial charge in [-0.25, -0.2) is 12.1 Å². The predicted octanol–water partition coefficient (Wildman–Crippen LogP) is 5.93. The van der Waals surface area contributed by atoms with Crippen molar-refractivity contribution in [2.45, 2.75) is 46.6 Å². The Hall–Kier alpha value is -1.10. The van der Waals surface area contributed by atoms with Crippen molar-refractivity contribution in [2.75, 3.05) is 4.48 Å². The van der Waals surface area contributed by atoms with E-state index in [-0.39, 0.29) is 16.8 Å². The van der Waals surface area contributed by atoms with Crippen molar-refractivity contribution in [3.8, 4) is 0 Å². The van der Waals surface area contributed by atoms with E-state index >= 15 is 0 Å². The molecule has 0 amide bonds. The summed E-state index contributed by atoms with van der Waals surface area (Å²) in [5, 5.41) is 1.70. The van der Waals surface area contributed by atoms with Gasteiger partial charge in [0.05, 0.1) is 0 Å². The summed E-state index contributed by atoms with van der Waals surface area (Å²) >= 11 is 0. The molecule has 1 nitrogen and oxygen atoms in total. The van der Waals surface area contributed by atoms with Crippen LogP contribution in [0.1, 0.15) is 27.2 Å². The van der Waals surface area contributed by atoms with Crippen LogP contribution in [0.4, 0.5) is 5.69 Å². The quantitative estimate of drug-likeness (QED) is 0.470. The van der Waals surface area contributed by atoms with Crippen LogP contribution >= 0.6 is 0 Å². The van der Waals surface area contributed by atoms with Crippen LogP contribution in [0.25, 0.3) is 0 Å². The summed E-state index contributed by atoms with van der Waals surface area (Å²) in [6.07, 6.45) is 2.41. The van der Waals surface area contributed by atoms with Gasteiger partial charge in [0.25, 0.3) is 6.85 Å². The maximum absolute atomic E-state index is 2.74. The first-order chi connectivity index (χ1) is 11.0. The third-order valence-electron chi connectivity index (χ3n) is 5.07. The molecular formula is C20H29BCoNSi-. The molecule has 0 saturated carbocycles. The average Bonchev–Trinajstić information content (AvgIpc) is 3.19. The number of rotatable bonds is 3. The van der Waals surface area contributed by atoms with Crippen LogP contribution in [0.15, 0.2) is 71.3 Å². The Kier molecular flexibility index (Phi) is 8.20.